The lowest BCUT2D eigenvalue weighted by atomic mass is 9.95. The second-order valence-corrected chi connectivity index (χ2v) is 6.15. The van der Waals surface area contributed by atoms with Crippen molar-refractivity contribution in [2.45, 2.75) is 19.4 Å². The topological polar surface area (TPSA) is 71.8 Å². The van der Waals surface area contributed by atoms with Gasteiger partial charge in [-0.3, -0.25) is 9.69 Å². The molecule has 0 spiro atoms. The molecule has 1 N–H and O–H groups in total. The fourth-order valence-corrected chi connectivity index (χ4v) is 3.08. The quantitative estimate of drug-likeness (QED) is 0.846. The molecule has 6 heteroatoms. The molecule has 0 bridgehead atoms. The summed E-state index contributed by atoms with van der Waals surface area (Å²) in [6.45, 7) is 2.12. The van der Waals surface area contributed by atoms with Crippen LogP contribution in [0.4, 0.5) is 5.69 Å². The van der Waals surface area contributed by atoms with Gasteiger partial charge in [-0.2, -0.15) is 0 Å². The van der Waals surface area contributed by atoms with E-state index in [0.29, 0.717) is 17.9 Å². The van der Waals surface area contributed by atoms with Gasteiger partial charge in [-0.1, -0.05) is 18.2 Å². The zero-order valence-corrected chi connectivity index (χ0v) is 14.2. The van der Waals surface area contributed by atoms with Gasteiger partial charge >= 0.3 is 5.97 Å². The van der Waals surface area contributed by atoms with Gasteiger partial charge in [-0.05, 0) is 44.1 Å². The number of carbonyl (C=O) groups excluding carboxylic acids is 2. The number of methoxy groups -OCH3 is 1. The Labute approximate surface area is 146 Å². The minimum atomic E-state index is -0.388. The van der Waals surface area contributed by atoms with Crippen molar-refractivity contribution in [1.82, 2.24) is 4.90 Å². The van der Waals surface area contributed by atoms with Crippen molar-refractivity contribution >= 4 is 17.6 Å². The van der Waals surface area contributed by atoms with Gasteiger partial charge in [0.15, 0.2) is 0 Å². The molecule has 1 aromatic heterocycles. The molecule has 2 heterocycles. The molecule has 1 saturated heterocycles. The van der Waals surface area contributed by atoms with E-state index in [-0.39, 0.29) is 17.8 Å². The molecule has 0 atom stereocenters. The Morgan fingerprint density at radius 3 is 2.60 bits per heavy atom. The van der Waals surface area contributed by atoms with Crippen molar-refractivity contribution in [2.24, 2.45) is 5.92 Å². The molecular weight excluding hydrogens is 320 g/mol. The normalized spacial score (nSPS) is 15.7. The summed E-state index contributed by atoms with van der Waals surface area (Å²) < 4.78 is 10.2. The first kappa shape index (κ1) is 17.2. The SMILES string of the molecule is COC(=O)c1ccoc1CN1CCC(C(=O)Nc2ccccc2)CC1. The van der Waals surface area contributed by atoms with E-state index in [1.165, 1.54) is 13.4 Å². The third-order valence-electron chi connectivity index (χ3n) is 4.52. The zero-order valence-electron chi connectivity index (χ0n) is 14.2. The van der Waals surface area contributed by atoms with E-state index in [0.717, 1.165) is 31.6 Å². The number of furan rings is 1. The van der Waals surface area contributed by atoms with Crippen molar-refractivity contribution < 1.29 is 18.7 Å². The minimum Gasteiger partial charge on any atom is -0.467 e. The third kappa shape index (κ3) is 4.28. The Morgan fingerprint density at radius 1 is 1.20 bits per heavy atom. The van der Waals surface area contributed by atoms with E-state index < -0.39 is 0 Å². The Morgan fingerprint density at radius 2 is 1.92 bits per heavy atom. The number of ether oxygens (including phenoxy) is 1. The molecular formula is C19H22N2O4. The predicted molar refractivity (Wildman–Crippen MR) is 93.1 cm³/mol. The summed E-state index contributed by atoms with van der Waals surface area (Å²) in [6, 6.07) is 11.1. The fraction of sp³-hybridized carbons (Fsp3) is 0.368. The molecule has 6 nitrogen and oxygen atoms in total. The zero-order chi connectivity index (χ0) is 17.6. The Bertz CT molecular complexity index is 718. The number of nitrogens with zero attached hydrogens (tertiary/aromatic N) is 1. The van der Waals surface area contributed by atoms with E-state index >= 15 is 0 Å². The molecule has 0 unspecified atom stereocenters. The molecule has 2 aromatic rings. The number of nitrogens with one attached hydrogen (secondary N) is 1. The number of likely N-dealkylation sites (tertiary alicyclic amines) is 1. The largest absolute Gasteiger partial charge is 0.467 e. The van der Waals surface area contributed by atoms with Crippen molar-refractivity contribution in [3.05, 3.63) is 54.0 Å². The minimum absolute atomic E-state index is 0.00753. The lowest BCUT2D eigenvalue weighted by Gasteiger charge is -2.30. The van der Waals surface area contributed by atoms with E-state index in [4.69, 9.17) is 9.15 Å². The molecule has 1 aromatic carbocycles. The highest BCUT2D eigenvalue weighted by atomic mass is 16.5. The second-order valence-electron chi connectivity index (χ2n) is 6.15. The predicted octanol–water partition coefficient (Wildman–Crippen LogP) is 2.92. The van der Waals surface area contributed by atoms with Crippen LogP contribution in [0.25, 0.3) is 0 Å². The van der Waals surface area contributed by atoms with E-state index in [9.17, 15) is 9.59 Å². The van der Waals surface area contributed by atoms with E-state index in [2.05, 4.69) is 10.2 Å². The maximum Gasteiger partial charge on any atom is 0.341 e. The molecule has 1 aliphatic heterocycles. The summed E-state index contributed by atoms with van der Waals surface area (Å²) in [5, 5.41) is 2.97. The lowest BCUT2D eigenvalue weighted by Crippen LogP contribution is -2.37. The Balaban J connectivity index is 1.51. The third-order valence-corrected chi connectivity index (χ3v) is 4.52. The van der Waals surface area contributed by atoms with E-state index in [1.54, 1.807) is 6.07 Å². The van der Waals surface area contributed by atoms with Crippen molar-refractivity contribution in [3.8, 4) is 0 Å². The van der Waals surface area contributed by atoms with Crippen LogP contribution < -0.4 is 5.32 Å². The Kier molecular flexibility index (Phi) is 5.50. The summed E-state index contributed by atoms with van der Waals surface area (Å²) in [7, 11) is 1.36. The summed E-state index contributed by atoms with van der Waals surface area (Å²) in [6.07, 6.45) is 3.07. The fourth-order valence-electron chi connectivity index (χ4n) is 3.08. The number of amides is 1. The maximum atomic E-state index is 12.4. The van der Waals surface area contributed by atoms with Gasteiger partial charge in [-0.25, -0.2) is 4.79 Å². The smallest absolute Gasteiger partial charge is 0.341 e. The number of piperidine rings is 1. The summed E-state index contributed by atoms with van der Waals surface area (Å²) in [4.78, 5) is 26.3. The van der Waals surface area contributed by atoms with Gasteiger partial charge in [0.2, 0.25) is 5.91 Å². The monoisotopic (exact) mass is 342 g/mol. The van der Waals surface area contributed by atoms with Gasteiger partial charge in [0, 0.05) is 11.6 Å². The van der Waals surface area contributed by atoms with Crippen LogP contribution in [0.2, 0.25) is 0 Å². The van der Waals surface area contributed by atoms with Crippen LogP contribution in [0.5, 0.6) is 0 Å². The van der Waals surface area contributed by atoms with Gasteiger partial charge in [0.1, 0.15) is 11.3 Å². The maximum absolute atomic E-state index is 12.4. The molecule has 0 aliphatic carbocycles. The number of rotatable bonds is 5. The van der Waals surface area contributed by atoms with Gasteiger partial charge < -0.3 is 14.5 Å². The van der Waals surface area contributed by atoms with Crippen LogP contribution in [0.1, 0.15) is 29.0 Å². The summed E-state index contributed by atoms with van der Waals surface area (Å²) >= 11 is 0. The highest BCUT2D eigenvalue weighted by molar-refractivity contribution is 5.92. The standard InChI is InChI=1S/C19H22N2O4/c1-24-19(23)16-9-12-25-17(16)13-21-10-7-14(8-11-21)18(22)20-15-5-3-2-4-6-15/h2-6,9,12,14H,7-8,10-11,13H2,1H3,(H,20,22). The molecule has 132 valence electrons. The number of hydrogen-bond donors (Lipinski definition) is 1. The molecule has 0 radical (unpaired) electrons. The first-order valence-electron chi connectivity index (χ1n) is 8.40. The van der Waals surface area contributed by atoms with Crippen LogP contribution in [0.15, 0.2) is 47.1 Å². The van der Waals surface area contributed by atoms with Gasteiger partial charge in [0.25, 0.3) is 0 Å². The van der Waals surface area contributed by atoms with Crippen molar-refractivity contribution in [3.63, 3.8) is 0 Å². The first-order valence-corrected chi connectivity index (χ1v) is 8.40. The number of para-hydroxylation sites is 1. The second kappa shape index (κ2) is 7.98. The van der Waals surface area contributed by atoms with E-state index in [1.807, 2.05) is 30.3 Å². The number of benzene rings is 1. The van der Waals surface area contributed by atoms with Crippen LogP contribution in [0, 0.1) is 5.92 Å². The summed E-state index contributed by atoms with van der Waals surface area (Å²) in [5.74, 6) is 0.298. The number of anilines is 1. The molecule has 3 rings (SSSR count). The number of carbonyl (C=O) groups is 2. The van der Waals surface area contributed by atoms with Crippen LogP contribution >= 0.6 is 0 Å². The first-order chi connectivity index (χ1) is 12.2. The van der Waals surface area contributed by atoms with Crippen LogP contribution in [0.3, 0.4) is 0 Å². The molecule has 25 heavy (non-hydrogen) atoms. The molecule has 1 aliphatic rings. The average Bonchev–Trinajstić information content (AvgIpc) is 3.10. The molecule has 1 amide bonds. The van der Waals surface area contributed by atoms with Crippen LogP contribution in [-0.4, -0.2) is 37.0 Å². The Hall–Kier alpha value is -2.60. The van der Waals surface area contributed by atoms with Crippen molar-refractivity contribution in [1.29, 1.82) is 0 Å². The highest BCUT2D eigenvalue weighted by Crippen LogP contribution is 2.22. The number of esters is 1. The highest BCUT2D eigenvalue weighted by Gasteiger charge is 2.26. The number of hydrogen-bond acceptors (Lipinski definition) is 5. The van der Waals surface area contributed by atoms with Crippen LogP contribution in [-0.2, 0) is 16.1 Å². The molecule has 1 fully saturated rings. The van der Waals surface area contributed by atoms with Gasteiger partial charge in [-0.15, -0.1) is 0 Å². The lowest BCUT2D eigenvalue weighted by molar-refractivity contribution is -0.121. The molecule has 0 saturated carbocycles. The van der Waals surface area contributed by atoms with Gasteiger partial charge in [0.05, 0.1) is 19.9 Å². The average molecular weight is 342 g/mol. The van der Waals surface area contributed by atoms with Crippen molar-refractivity contribution in [2.75, 3.05) is 25.5 Å². The summed E-state index contributed by atoms with van der Waals surface area (Å²) in [5.41, 5.74) is 1.29.